The van der Waals surface area contributed by atoms with Crippen LogP contribution in [0.4, 0.5) is 10.8 Å². The van der Waals surface area contributed by atoms with Gasteiger partial charge < -0.3 is 10.5 Å². The number of thiazole rings is 1. The van der Waals surface area contributed by atoms with Gasteiger partial charge in [0.15, 0.2) is 5.13 Å². The number of hydrogen-bond acceptors (Lipinski definition) is 6. The highest BCUT2D eigenvalue weighted by Crippen LogP contribution is 2.41. The fraction of sp³-hybridized carbons (Fsp3) is 0.308. The largest absolute Gasteiger partial charge is 0.495 e. The van der Waals surface area contributed by atoms with Crippen LogP contribution in [0.2, 0.25) is 0 Å². The second-order valence-corrected chi connectivity index (χ2v) is 7.40. The van der Waals surface area contributed by atoms with Crippen molar-refractivity contribution in [1.82, 2.24) is 4.98 Å². The molecule has 1 fully saturated rings. The van der Waals surface area contributed by atoms with Crippen molar-refractivity contribution in [3.8, 4) is 5.75 Å². The number of nitrogen functional groups attached to an aromatic ring is 1. The molecule has 8 heteroatoms. The van der Waals surface area contributed by atoms with E-state index in [4.69, 9.17) is 10.5 Å². The fourth-order valence-corrected chi connectivity index (χ4v) is 4.03. The summed E-state index contributed by atoms with van der Waals surface area (Å²) >= 11 is 1.29. The number of nitrogens with two attached hydrogens (primary N) is 1. The van der Waals surface area contributed by atoms with Crippen LogP contribution in [0.25, 0.3) is 0 Å². The summed E-state index contributed by atoms with van der Waals surface area (Å²) in [6, 6.07) is 4.35. The minimum atomic E-state index is -3.69. The van der Waals surface area contributed by atoms with Gasteiger partial charge in [-0.05, 0) is 31.0 Å². The van der Waals surface area contributed by atoms with Gasteiger partial charge in [-0.1, -0.05) is 0 Å². The van der Waals surface area contributed by atoms with Crippen LogP contribution in [0, 0.1) is 0 Å². The molecule has 0 spiro atoms. The summed E-state index contributed by atoms with van der Waals surface area (Å²) in [5, 5.41) is 2.28. The normalized spacial score (nSPS) is 14.9. The van der Waals surface area contributed by atoms with Gasteiger partial charge in [0, 0.05) is 11.3 Å². The molecule has 0 atom stereocenters. The number of anilines is 2. The van der Waals surface area contributed by atoms with Gasteiger partial charge in [0.25, 0.3) is 10.0 Å². The maximum atomic E-state index is 12.3. The van der Waals surface area contributed by atoms with E-state index in [0.29, 0.717) is 16.8 Å². The topological polar surface area (TPSA) is 94.3 Å². The van der Waals surface area contributed by atoms with Gasteiger partial charge in [-0.2, -0.15) is 0 Å². The molecule has 0 aliphatic heterocycles. The van der Waals surface area contributed by atoms with Gasteiger partial charge in [0.05, 0.1) is 23.4 Å². The van der Waals surface area contributed by atoms with Gasteiger partial charge in [0.2, 0.25) is 0 Å². The number of sulfonamides is 1. The number of methoxy groups -OCH3 is 1. The number of benzene rings is 1. The number of aromatic nitrogens is 1. The Morgan fingerprint density at radius 3 is 2.81 bits per heavy atom. The summed E-state index contributed by atoms with van der Waals surface area (Å²) in [5.74, 6) is 0.940. The van der Waals surface area contributed by atoms with Crippen LogP contribution in [0.3, 0.4) is 0 Å². The average molecular weight is 325 g/mol. The first-order valence-electron chi connectivity index (χ1n) is 6.41. The summed E-state index contributed by atoms with van der Waals surface area (Å²) in [7, 11) is -2.21. The molecular formula is C13H15N3O3S2. The molecule has 21 heavy (non-hydrogen) atoms. The standard InChI is InChI=1S/C13H15N3O3S2/c1-19-12-5-4-9(6-10(12)14)21(17,18)16-13-15-11(7-20-13)8-2-3-8/h4-8H,2-3,14H2,1H3,(H,15,16). The van der Waals surface area contributed by atoms with E-state index in [0.717, 1.165) is 18.5 Å². The fourth-order valence-electron chi connectivity index (χ4n) is 1.95. The van der Waals surface area contributed by atoms with E-state index in [1.54, 1.807) is 0 Å². The van der Waals surface area contributed by atoms with Gasteiger partial charge in [-0.3, -0.25) is 4.72 Å². The molecule has 1 aliphatic carbocycles. The molecule has 0 bridgehead atoms. The maximum Gasteiger partial charge on any atom is 0.263 e. The van der Waals surface area contributed by atoms with Gasteiger partial charge >= 0.3 is 0 Å². The van der Waals surface area contributed by atoms with Crippen LogP contribution >= 0.6 is 11.3 Å². The molecule has 0 unspecified atom stereocenters. The Morgan fingerprint density at radius 2 is 2.19 bits per heavy atom. The molecule has 1 heterocycles. The molecule has 112 valence electrons. The summed E-state index contributed by atoms with van der Waals surface area (Å²) in [6.07, 6.45) is 2.26. The number of ether oxygens (including phenoxy) is 1. The summed E-state index contributed by atoms with van der Waals surface area (Å²) in [4.78, 5) is 4.40. The van der Waals surface area contributed by atoms with Crippen LogP contribution in [0.1, 0.15) is 24.5 Å². The van der Waals surface area contributed by atoms with E-state index < -0.39 is 10.0 Å². The smallest absolute Gasteiger partial charge is 0.263 e. The highest BCUT2D eigenvalue weighted by atomic mass is 32.2. The van der Waals surface area contributed by atoms with Gasteiger partial charge in [-0.25, -0.2) is 13.4 Å². The van der Waals surface area contributed by atoms with E-state index in [-0.39, 0.29) is 10.6 Å². The predicted octanol–water partition coefficient (Wildman–Crippen LogP) is 2.41. The number of hydrogen-bond donors (Lipinski definition) is 2. The molecule has 3 rings (SSSR count). The average Bonchev–Trinajstić information content (AvgIpc) is 3.19. The number of nitrogens with one attached hydrogen (secondary N) is 1. The third kappa shape index (κ3) is 2.96. The van der Waals surface area contributed by atoms with Crippen molar-refractivity contribution in [2.75, 3.05) is 17.6 Å². The Kier molecular flexibility index (Phi) is 3.50. The summed E-state index contributed by atoms with van der Waals surface area (Å²) < 4.78 is 32.1. The lowest BCUT2D eigenvalue weighted by Crippen LogP contribution is -2.13. The predicted molar refractivity (Wildman–Crippen MR) is 82.3 cm³/mol. The van der Waals surface area contributed by atoms with E-state index in [1.807, 2.05) is 5.38 Å². The van der Waals surface area contributed by atoms with Crippen molar-refractivity contribution in [2.45, 2.75) is 23.7 Å². The summed E-state index contributed by atoms with van der Waals surface area (Å²) in [6.45, 7) is 0. The lowest BCUT2D eigenvalue weighted by atomic mass is 10.3. The molecule has 0 saturated heterocycles. The molecule has 3 N–H and O–H groups in total. The first kappa shape index (κ1) is 14.2. The lowest BCUT2D eigenvalue weighted by Gasteiger charge is -2.08. The third-order valence-corrected chi connectivity index (χ3v) is 5.49. The van der Waals surface area contributed by atoms with E-state index in [2.05, 4.69) is 9.71 Å². The quantitative estimate of drug-likeness (QED) is 0.823. The van der Waals surface area contributed by atoms with Gasteiger partial charge in [0.1, 0.15) is 5.75 Å². The minimum Gasteiger partial charge on any atom is -0.495 e. The van der Waals surface area contributed by atoms with E-state index >= 15 is 0 Å². The third-order valence-electron chi connectivity index (χ3n) is 3.25. The molecule has 0 amide bonds. The molecule has 1 saturated carbocycles. The Balaban J connectivity index is 1.83. The monoisotopic (exact) mass is 325 g/mol. The van der Waals surface area contributed by atoms with Crippen LogP contribution in [0.5, 0.6) is 5.75 Å². The Morgan fingerprint density at radius 1 is 1.43 bits per heavy atom. The van der Waals surface area contributed by atoms with Crippen molar-refractivity contribution in [3.63, 3.8) is 0 Å². The SMILES string of the molecule is COc1ccc(S(=O)(=O)Nc2nc(C3CC3)cs2)cc1N. The van der Waals surface area contributed by atoms with Crippen molar-refractivity contribution < 1.29 is 13.2 Å². The first-order valence-corrected chi connectivity index (χ1v) is 8.77. The van der Waals surface area contributed by atoms with Crippen LogP contribution in [0.15, 0.2) is 28.5 Å². The van der Waals surface area contributed by atoms with E-state index in [1.165, 1.54) is 36.6 Å². The number of rotatable bonds is 5. The Hall–Kier alpha value is -1.80. The second-order valence-electron chi connectivity index (χ2n) is 4.86. The molecular weight excluding hydrogens is 310 g/mol. The van der Waals surface area contributed by atoms with Crippen LogP contribution in [-0.2, 0) is 10.0 Å². The number of nitrogens with zero attached hydrogens (tertiary/aromatic N) is 1. The maximum absolute atomic E-state index is 12.3. The zero-order valence-corrected chi connectivity index (χ0v) is 13.0. The van der Waals surface area contributed by atoms with Crippen molar-refractivity contribution in [3.05, 3.63) is 29.3 Å². The molecule has 6 nitrogen and oxygen atoms in total. The van der Waals surface area contributed by atoms with Crippen LogP contribution in [-0.4, -0.2) is 20.5 Å². The molecule has 1 aliphatic rings. The lowest BCUT2D eigenvalue weighted by molar-refractivity contribution is 0.416. The zero-order valence-electron chi connectivity index (χ0n) is 11.4. The zero-order chi connectivity index (χ0) is 15.0. The Bertz CT molecular complexity index is 767. The molecule has 0 radical (unpaired) electrons. The summed E-state index contributed by atoms with van der Waals surface area (Å²) in [5.41, 5.74) is 6.98. The van der Waals surface area contributed by atoms with Crippen molar-refractivity contribution >= 4 is 32.2 Å². The highest BCUT2D eigenvalue weighted by Gasteiger charge is 2.27. The van der Waals surface area contributed by atoms with Gasteiger partial charge in [-0.15, -0.1) is 11.3 Å². The van der Waals surface area contributed by atoms with Crippen LogP contribution < -0.4 is 15.2 Å². The second kappa shape index (κ2) is 5.19. The molecule has 1 aromatic carbocycles. The first-order chi connectivity index (χ1) is 9.99. The Labute approximate surface area is 127 Å². The van der Waals surface area contributed by atoms with Crippen molar-refractivity contribution in [2.24, 2.45) is 0 Å². The van der Waals surface area contributed by atoms with E-state index in [9.17, 15) is 8.42 Å². The highest BCUT2D eigenvalue weighted by molar-refractivity contribution is 7.93. The molecule has 2 aromatic rings. The minimum absolute atomic E-state index is 0.0870. The molecule has 1 aromatic heterocycles. The van der Waals surface area contributed by atoms with Crippen molar-refractivity contribution in [1.29, 1.82) is 0 Å².